The maximum Gasteiger partial charge on any atom is 0.266 e. The molecule has 0 aromatic heterocycles. The topological polar surface area (TPSA) is 101 Å². The summed E-state index contributed by atoms with van der Waals surface area (Å²) in [4.78, 5) is 18.9. The number of aliphatic hydroxyl groups is 1. The normalized spacial score (nSPS) is 18.3. The summed E-state index contributed by atoms with van der Waals surface area (Å²) in [6.07, 6.45) is 1.80. The number of nitrogens with zero attached hydrogens (tertiary/aromatic N) is 1. The monoisotopic (exact) mass is 515 g/mol. The molecule has 8 heteroatoms. The Bertz CT molecular complexity index is 1250. The van der Waals surface area contributed by atoms with E-state index in [1.807, 2.05) is 78.9 Å². The molecule has 3 aromatic rings. The molecule has 0 fully saturated rings. The van der Waals surface area contributed by atoms with Crippen molar-refractivity contribution < 1.29 is 24.1 Å². The third-order valence-electron chi connectivity index (χ3n) is 6.19. The summed E-state index contributed by atoms with van der Waals surface area (Å²) in [6.45, 7) is 4.59. The average molecular weight is 516 g/mol. The Hall–Kier alpha value is -4.14. The fourth-order valence-corrected chi connectivity index (χ4v) is 4.31. The Kier molecular flexibility index (Phi) is 9.13. The van der Waals surface area contributed by atoms with Gasteiger partial charge in [-0.1, -0.05) is 48.5 Å². The maximum atomic E-state index is 13.9. The molecule has 4 rings (SSSR count). The quantitative estimate of drug-likeness (QED) is 0.182. The number of aliphatic hydroxyl groups excluding tert-OH is 1. The second kappa shape index (κ2) is 12.9. The lowest BCUT2D eigenvalue weighted by atomic mass is 9.82. The number of rotatable bonds is 13. The van der Waals surface area contributed by atoms with E-state index in [-0.39, 0.29) is 12.5 Å². The van der Waals surface area contributed by atoms with Gasteiger partial charge in [0.15, 0.2) is 11.6 Å². The summed E-state index contributed by atoms with van der Waals surface area (Å²) < 4.78 is 17.6. The Balaban J connectivity index is 1.76. The molecule has 0 saturated carbocycles. The summed E-state index contributed by atoms with van der Waals surface area (Å²) in [7, 11) is 1.60. The van der Waals surface area contributed by atoms with Crippen LogP contribution in [-0.2, 0) is 16.0 Å². The number of hydrogen-bond donors (Lipinski definition) is 3. The summed E-state index contributed by atoms with van der Waals surface area (Å²) in [5, 5.41) is 8.99. The van der Waals surface area contributed by atoms with E-state index in [0.717, 1.165) is 11.1 Å². The van der Waals surface area contributed by atoms with Gasteiger partial charge in [0.25, 0.3) is 5.91 Å². The van der Waals surface area contributed by atoms with Gasteiger partial charge in [0, 0.05) is 31.6 Å². The zero-order chi connectivity index (χ0) is 26.8. The summed E-state index contributed by atoms with van der Waals surface area (Å²) in [5.74, 6) is 1.36. The lowest BCUT2D eigenvalue weighted by Crippen LogP contribution is -2.54. The van der Waals surface area contributed by atoms with E-state index >= 15 is 0 Å². The van der Waals surface area contributed by atoms with Crippen molar-refractivity contribution in [3.05, 3.63) is 108 Å². The number of amides is 1. The number of benzene rings is 3. The lowest BCUT2D eigenvalue weighted by molar-refractivity contribution is -0.129. The van der Waals surface area contributed by atoms with Gasteiger partial charge in [-0.2, -0.15) is 0 Å². The highest BCUT2D eigenvalue weighted by Crippen LogP contribution is 2.43. The van der Waals surface area contributed by atoms with Crippen molar-refractivity contribution in [2.45, 2.75) is 24.5 Å². The van der Waals surface area contributed by atoms with Crippen LogP contribution in [0.3, 0.4) is 0 Å². The number of carbonyl (C=O) groups excluding carboxylic acids is 1. The molecule has 38 heavy (non-hydrogen) atoms. The van der Waals surface area contributed by atoms with Crippen molar-refractivity contribution in [1.82, 2.24) is 10.9 Å². The van der Waals surface area contributed by atoms with Gasteiger partial charge in [-0.15, -0.1) is 6.58 Å². The van der Waals surface area contributed by atoms with Crippen LogP contribution < -0.4 is 20.3 Å². The van der Waals surface area contributed by atoms with Gasteiger partial charge in [0.2, 0.25) is 5.90 Å². The van der Waals surface area contributed by atoms with Crippen LogP contribution in [0.1, 0.15) is 29.2 Å². The first kappa shape index (κ1) is 26.9. The fraction of sp³-hybridized carbons (Fsp3) is 0.267. The van der Waals surface area contributed by atoms with Gasteiger partial charge in [0.1, 0.15) is 11.5 Å². The number of ether oxygens (including phenoxy) is 3. The van der Waals surface area contributed by atoms with Crippen molar-refractivity contribution in [2.75, 3.05) is 26.9 Å². The number of aliphatic imine (C=N–C) groups is 1. The van der Waals surface area contributed by atoms with Crippen LogP contribution in [0.5, 0.6) is 11.5 Å². The number of nitrogens with one attached hydrogen (secondary N) is 2. The predicted octanol–water partition coefficient (Wildman–Crippen LogP) is 3.76. The standard InChI is InChI=1S/C30H33N3O5/c1-3-17-31-33-29(35)30(21-22-9-5-4-6-10-22)27(24-11-7-12-26(20-24)36-2)38-28(32-30)23-13-15-25(16-14-23)37-19-8-18-34/h3-7,9-16,20,27,31,34H,1,8,17-19,21H2,2H3,(H,33,35)/t27-,30-/m0/s1. The second-order valence-electron chi connectivity index (χ2n) is 8.85. The van der Waals surface area contributed by atoms with Crippen molar-refractivity contribution >= 4 is 11.8 Å². The summed E-state index contributed by atoms with van der Waals surface area (Å²) in [5.41, 5.74) is 6.82. The van der Waals surface area contributed by atoms with E-state index in [2.05, 4.69) is 17.4 Å². The van der Waals surface area contributed by atoms with E-state index in [1.54, 1.807) is 13.2 Å². The molecule has 1 aliphatic heterocycles. The second-order valence-corrected chi connectivity index (χ2v) is 8.85. The molecule has 0 unspecified atom stereocenters. The van der Waals surface area contributed by atoms with Gasteiger partial charge >= 0.3 is 0 Å². The number of hydrazine groups is 1. The molecule has 1 amide bonds. The molecule has 198 valence electrons. The minimum absolute atomic E-state index is 0.0710. The van der Waals surface area contributed by atoms with E-state index in [0.29, 0.717) is 49.0 Å². The van der Waals surface area contributed by atoms with Gasteiger partial charge in [0.05, 0.1) is 13.7 Å². The van der Waals surface area contributed by atoms with Gasteiger partial charge in [-0.25, -0.2) is 10.4 Å². The van der Waals surface area contributed by atoms with E-state index in [9.17, 15) is 4.79 Å². The largest absolute Gasteiger partial charge is 0.497 e. The minimum Gasteiger partial charge on any atom is -0.497 e. The molecular weight excluding hydrogens is 482 g/mol. The smallest absolute Gasteiger partial charge is 0.266 e. The Morgan fingerprint density at radius 2 is 1.89 bits per heavy atom. The zero-order valence-corrected chi connectivity index (χ0v) is 21.4. The molecule has 0 bridgehead atoms. The molecule has 3 aromatic carbocycles. The van der Waals surface area contributed by atoms with Crippen molar-refractivity contribution in [3.63, 3.8) is 0 Å². The molecule has 1 heterocycles. The first-order valence-electron chi connectivity index (χ1n) is 12.5. The van der Waals surface area contributed by atoms with Crippen molar-refractivity contribution in [3.8, 4) is 11.5 Å². The van der Waals surface area contributed by atoms with Crippen LogP contribution in [0.2, 0.25) is 0 Å². The molecule has 1 aliphatic rings. The predicted molar refractivity (Wildman–Crippen MR) is 146 cm³/mol. The fourth-order valence-electron chi connectivity index (χ4n) is 4.31. The summed E-state index contributed by atoms with van der Waals surface area (Å²) >= 11 is 0. The van der Waals surface area contributed by atoms with Crippen molar-refractivity contribution in [1.29, 1.82) is 0 Å². The highest BCUT2D eigenvalue weighted by molar-refractivity contribution is 6.01. The third-order valence-corrected chi connectivity index (χ3v) is 6.19. The van der Waals surface area contributed by atoms with Crippen LogP contribution in [-0.4, -0.2) is 49.3 Å². The minimum atomic E-state index is -1.31. The molecule has 8 nitrogen and oxygen atoms in total. The molecule has 3 N–H and O–H groups in total. The van der Waals surface area contributed by atoms with E-state index < -0.39 is 11.6 Å². The number of carbonyl (C=O) groups is 1. The van der Waals surface area contributed by atoms with Gasteiger partial charge in [-0.3, -0.25) is 10.2 Å². The Labute approximate surface area is 222 Å². The van der Waals surface area contributed by atoms with E-state index in [4.69, 9.17) is 24.3 Å². The maximum absolute atomic E-state index is 13.9. The average Bonchev–Trinajstić information content (AvgIpc) is 3.34. The van der Waals surface area contributed by atoms with Crippen LogP contribution in [0.15, 0.2) is 96.5 Å². The summed E-state index contributed by atoms with van der Waals surface area (Å²) in [6, 6.07) is 24.6. The molecule has 0 aliphatic carbocycles. The first-order chi connectivity index (χ1) is 18.6. The number of hydrogen-bond acceptors (Lipinski definition) is 7. The molecule has 0 saturated heterocycles. The van der Waals surface area contributed by atoms with Gasteiger partial charge in [-0.05, 0) is 47.5 Å². The van der Waals surface area contributed by atoms with Crippen LogP contribution >= 0.6 is 0 Å². The number of methoxy groups -OCH3 is 1. The molecule has 0 radical (unpaired) electrons. The first-order valence-corrected chi connectivity index (χ1v) is 12.5. The van der Waals surface area contributed by atoms with Gasteiger partial charge < -0.3 is 19.3 Å². The SMILES string of the molecule is C=CCNNC(=O)[C@@]1(Cc2ccccc2)N=C(c2ccc(OCCCO)cc2)O[C@H]1c1cccc(OC)c1. The lowest BCUT2D eigenvalue weighted by Gasteiger charge is -2.31. The highest BCUT2D eigenvalue weighted by atomic mass is 16.5. The Morgan fingerprint density at radius 3 is 2.61 bits per heavy atom. The third kappa shape index (κ3) is 6.22. The molecular formula is C30H33N3O5. The van der Waals surface area contributed by atoms with Crippen molar-refractivity contribution in [2.24, 2.45) is 4.99 Å². The Morgan fingerprint density at radius 1 is 1.11 bits per heavy atom. The zero-order valence-electron chi connectivity index (χ0n) is 21.4. The van der Waals surface area contributed by atoms with Crippen LogP contribution in [0.25, 0.3) is 0 Å². The van der Waals surface area contributed by atoms with Crippen LogP contribution in [0, 0.1) is 0 Å². The van der Waals surface area contributed by atoms with Crippen LogP contribution in [0.4, 0.5) is 0 Å². The highest BCUT2D eigenvalue weighted by Gasteiger charge is 2.53. The molecule has 2 atom stereocenters. The van der Waals surface area contributed by atoms with E-state index in [1.165, 1.54) is 0 Å². The molecule has 0 spiro atoms.